The Morgan fingerprint density at radius 1 is 1.00 bits per heavy atom. The van der Waals surface area contributed by atoms with Crippen LogP contribution in [0.3, 0.4) is 0 Å². The van der Waals surface area contributed by atoms with Crippen molar-refractivity contribution in [1.82, 2.24) is 10.2 Å². The van der Waals surface area contributed by atoms with E-state index in [0.717, 1.165) is 32.2 Å². The van der Waals surface area contributed by atoms with Gasteiger partial charge in [-0.1, -0.05) is 13.8 Å². The molecule has 1 unspecified atom stereocenters. The summed E-state index contributed by atoms with van der Waals surface area (Å²) in [6.07, 6.45) is 2.93. The summed E-state index contributed by atoms with van der Waals surface area (Å²) in [7, 11) is 2.16. The first-order valence-electron chi connectivity index (χ1n) is 7.45. The third kappa shape index (κ3) is 12.3. The first kappa shape index (κ1) is 17.9. The Morgan fingerprint density at radius 2 is 1.67 bits per heavy atom. The normalized spacial score (nSPS) is 13.8. The summed E-state index contributed by atoms with van der Waals surface area (Å²) in [4.78, 5) is 2.32. The SMILES string of the molecule is CC(C)CCC(C)NCCN(C)CCOC(C)C. The van der Waals surface area contributed by atoms with E-state index in [2.05, 4.69) is 51.9 Å². The van der Waals surface area contributed by atoms with E-state index < -0.39 is 0 Å². The van der Waals surface area contributed by atoms with E-state index in [-0.39, 0.29) is 0 Å². The molecule has 0 aliphatic rings. The van der Waals surface area contributed by atoms with Gasteiger partial charge in [0.25, 0.3) is 0 Å². The zero-order valence-electron chi connectivity index (χ0n) is 13.3. The fourth-order valence-electron chi connectivity index (χ4n) is 1.74. The summed E-state index contributed by atoms with van der Waals surface area (Å²) in [6.45, 7) is 15.0. The predicted molar refractivity (Wildman–Crippen MR) is 80.1 cm³/mol. The van der Waals surface area contributed by atoms with Crippen molar-refractivity contribution in [2.75, 3.05) is 33.3 Å². The molecule has 3 heteroatoms. The molecule has 0 aliphatic carbocycles. The molecular formula is C15H34N2O. The quantitative estimate of drug-likeness (QED) is 0.617. The van der Waals surface area contributed by atoms with Gasteiger partial charge in [-0.3, -0.25) is 0 Å². The largest absolute Gasteiger partial charge is 0.377 e. The van der Waals surface area contributed by atoms with Crippen LogP contribution in [0.25, 0.3) is 0 Å². The van der Waals surface area contributed by atoms with Gasteiger partial charge >= 0.3 is 0 Å². The van der Waals surface area contributed by atoms with Crippen LogP contribution in [0.2, 0.25) is 0 Å². The maximum atomic E-state index is 5.54. The van der Waals surface area contributed by atoms with E-state index >= 15 is 0 Å². The molecule has 0 aromatic carbocycles. The van der Waals surface area contributed by atoms with Crippen LogP contribution in [-0.4, -0.2) is 50.3 Å². The lowest BCUT2D eigenvalue weighted by atomic mass is 10.0. The minimum atomic E-state index is 0.340. The lowest BCUT2D eigenvalue weighted by Crippen LogP contribution is -2.35. The van der Waals surface area contributed by atoms with Crippen molar-refractivity contribution in [1.29, 1.82) is 0 Å². The van der Waals surface area contributed by atoms with E-state index in [9.17, 15) is 0 Å². The average Bonchev–Trinajstić information content (AvgIpc) is 2.25. The van der Waals surface area contributed by atoms with Gasteiger partial charge < -0.3 is 15.0 Å². The molecule has 0 aromatic heterocycles. The van der Waals surface area contributed by atoms with Gasteiger partial charge in [0, 0.05) is 25.7 Å². The molecule has 1 atom stereocenters. The standard InChI is InChI=1S/C15H34N2O/c1-13(2)7-8-15(5)16-9-10-17(6)11-12-18-14(3)4/h13-16H,7-12H2,1-6H3. The molecule has 0 amide bonds. The topological polar surface area (TPSA) is 24.5 Å². The summed E-state index contributed by atoms with van der Waals surface area (Å²) >= 11 is 0. The van der Waals surface area contributed by atoms with Crippen LogP contribution in [0.15, 0.2) is 0 Å². The highest BCUT2D eigenvalue weighted by atomic mass is 16.5. The molecule has 0 radical (unpaired) electrons. The molecule has 0 spiro atoms. The smallest absolute Gasteiger partial charge is 0.0596 e. The van der Waals surface area contributed by atoms with Crippen LogP contribution in [-0.2, 0) is 4.74 Å². The number of ether oxygens (including phenoxy) is 1. The Bertz CT molecular complexity index is 183. The van der Waals surface area contributed by atoms with Gasteiger partial charge in [0.05, 0.1) is 12.7 Å². The van der Waals surface area contributed by atoms with Gasteiger partial charge in [0.2, 0.25) is 0 Å². The second kappa shape index (κ2) is 10.8. The van der Waals surface area contributed by atoms with Crippen molar-refractivity contribution in [3.63, 3.8) is 0 Å². The van der Waals surface area contributed by atoms with Gasteiger partial charge in [-0.2, -0.15) is 0 Å². The second-order valence-electron chi connectivity index (χ2n) is 6.05. The highest BCUT2D eigenvalue weighted by Crippen LogP contribution is 2.05. The zero-order valence-corrected chi connectivity index (χ0v) is 13.3. The van der Waals surface area contributed by atoms with Crippen LogP contribution in [0.4, 0.5) is 0 Å². The molecule has 0 fully saturated rings. The number of likely N-dealkylation sites (N-methyl/N-ethyl adjacent to an activating group) is 1. The van der Waals surface area contributed by atoms with Crippen molar-refractivity contribution < 1.29 is 4.74 Å². The average molecular weight is 258 g/mol. The number of nitrogens with zero attached hydrogens (tertiary/aromatic N) is 1. The molecule has 1 N–H and O–H groups in total. The summed E-state index contributed by atoms with van der Waals surface area (Å²) in [5, 5.41) is 3.59. The van der Waals surface area contributed by atoms with Gasteiger partial charge in [0.1, 0.15) is 0 Å². The van der Waals surface area contributed by atoms with E-state index in [0.29, 0.717) is 12.1 Å². The van der Waals surface area contributed by atoms with Crippen LogP contribution in [0.1, 0.15) is 47.5 Å². The molecule has 0 saturated carbocycles. The first-order valence-corrected chi connectivity index (χ1v) is 7.45. The van der Waals surface area contributed by atoms with Crippen molar-refractivity contribution in [3.8, 4) is 0 Å². The van der Waals surface area contributed by atoms with Crippen molar-refractivity contribution in [3.05, 3.63) is 0 Å². The number of nitrogens with one attached hydrogen (secondary N) is 1. The summed E-state index contributed by atoms with van der Waals surface area (Å²) in [6, 6.07) is 0.632. The molecule has 0 aromatic rings. The fourth-order valence-corrected chi connectivity index (χ4v) is 1.74. The van der Waals surface area contributed by atoms with E-state index in [1.807, 2.05) is 0 Å². The third-order valence-electron chi connectivity index (χ3n) is 3.09. The van der Waals surface area contributed by atoms with E-state index in [4.69, 9.17) is 4.74 Å². The molecule has 3 nitrogen and oxygen atoms in total. The van der Waals surface area contributed by atoms with E-state index in [1.54, 1.807) is 0 Å². The van der Waals surface area contributed by atoms with Gasteiger partial charge in [0.15, 0.2) is 0 Å². The van der Waals surface area contributed by atoms with Crippen LogP contribution < -0.4 is 5.32 Å². The molecule has 0 saturated heterocycles. The van der Waals surface area contributed by atoms with E-state index in [1.165, 1.54) is 12.8 Å². The molecular weight excluding hydrogens is 224 g/mol. The molecule has 0 heterocycles. The fraction of sp³-hybridized carbons (Fsp3) is 1.00. The van der Waals surface area contributed by atoms with Gasteiger partial charge in [-0.15, -0.1) is 0 Å². The Balaban J connectivity index is 3.40. The van der Waals surface area contributed by atoms with Crippen molar-refractivity contribution >= 4 is 0 Å². The number of rotatable bonds is 11. The van der Waals surface area contributed by atoms with Gasteiger partial charge in [-0.05, 0) is 46.6 Å². The van der Waals surface area contributed by atoms with Crippen LogP contribution in [0.5, 0.6) is 0 Å². The minimum absolute atomic E-state index is 0.340. The molecule has 0 aliphatic heterocycles. The lowest BCUT2D eigenvalue weighted by Gasteiger charge is -2.20. The first-order chi connectivity index (χ1) is 8.41. The number of hydrogen-bond acceptors (Lipinski definition) is 3. The number of hydrogen-bond donors (Lipinski definition) is 1. The Kier molecular flexibility index (Phi) is 10.7. The lowest BCUT2D eigenvalue weighted by molar-refractivity contribution is 0.0639. The third-order valence-corrected chi connectivity index (χ3v) is 3.09. The predicted octanol–water partition coefficient (Wildman–Crippen LogP) is 2.76. The highest BCUT2D eigenvalue weighted by molar-refractivity contribution is 4.63. The summed E-state index contributed by atoms with van der Waals surface area (Å²) < 4.78 is 5.54. The second-order valence-corrected chi connectivity index (χ2v) is 6.05. The molecule has 0 bridgehead atoms. The highest BCUT2D eigenvalue weighted by Gasteiger charge is 2.04. The van der Waals surface area contributed by atoms with Crippen LogP contribution >= 0.6 is 0 Å². The van der Waals surface area contributed by atoms with Crippen molar-refractivity contribution in [2.45, 2.75) is 59.6 Å². The Labute approximate surface area is 114 Å². The molecule has 0 rings (SSSR count). The Morgan fingerprint density at radius 3 is 2.22 bits per heavy atom. The van der Waals surface area contributed by atoms with Crippen molar-refractivity contribution in [2.24, 2.45) is 5.92 Å². The summed E-state index contributed by atoms with van der Waals surface area (Å²) in [5.41, 5.74) is 0. The maximum Gasteiger partial charge on any atom is 0.0596 e. The van der Waals surface area contributed by atoms with Crippen LogP contribution in [0, 0.1) is 5.92 Å². The molecule has 18 heavy (non-hydrogen) atoms. The molecule has 110 valence electrons. The minimum Gasteiger partial charge on any atom is -0.377 e. The van der Waals surface area contributed by atoms with Gasteiger partial charge in [-0.25, -0.2) is 0 Å². The maximum absolute atomic E-state index is 5.54. The monoisotopic (exact) mass is 258 g/mol. The summed E-state index contributed by atoms with van der Waals surface area (Å²) in [5.74, 6) is 0.810. The Hall–Kier alpha value is -0.120. The zero-order chi connectivity index (χ0) is 14.0.